The summed E-state index contributed by atoms with van der Waals surface area (Å²) in [6.45, 7) is 4.16. The molecule has 0 radical (unpaired) electrons. The van der Waals surface area contributed by atoms with Crippen molar-refractivity contribution < 1.29 is 4.79 Å². The van der Waals surface area contributed by atoms with Crippen molar-refractivity contribution in [3.8, 4) is 11.5 Å². The monoisotopic (exact) mass is 375 g/mol. The fourth-order valence-corrected chi connectivity index (χ4v) is 3.31. The lowest BCUT2D eigenvalue weighted by Crippen LogP contribution is -2.35. The molecule has 7 heteroatoms. The van der Waals surface area contributed by atoms with E-state index in [1.54, 1.807) is 16.5 Å². The SMILES string of the molecule is C=CCN(C(=O)Nc1ccc2nc(-c3cscn3)[nH]c2c1)c1ccccc1. The summed E-state index contributed by atoms with van der Waals surface area (Å²) >= 11 is 1.52. The van der Waals surface area contributed by atoms with E-state index in [4.69, 9.17) is 0 Å². The first kappa shape index (κ1) is 17.0. The maximum absolute atomic E-state index is 12.8. The van der Waals surface area contributed by atoms with E-state index in [-0.39, 0.29) is 6.03 Å². The summed E-state index contributed by atoms with van der Waals surface area (Å²) in [7, 11) is 0. The lowest BCUT2D eigenvalue weighted by atomic mass is 10.2. The smallest absolute Gasteiger partial charge is 0.326 e. The minimum atomic E-state index is -0.223. The predicted octanol–water partition coefficient (Wildman–Crippen LogP) is 4.91. The maximum atomic E-state index is 12.8. The molecule has 2 amide bonds. The van der Waals surface area contributed by atoms with Gasteiger partial charge in [-0.25, -0.2) is 14.8 Å². The van der Waals surface area contributed by atoms with Crippen LogP contribution < -0.4 is 10.2 Å². The van der Waals surface area contributed by atoms with Crippen LogP contribution in [-0.4, -0.2) is 27.5 Å². The Morgan fingerprint density at radius 2 is 2.11 bits per heavy atom. The minimum Gasteiger partial charge on any atom is -0.337 e. The van der Waals surface area contributed by atoms with Crippen LogP contribution in [0.15, 0.2) is 72.1 Å². The van der Waals surface area contributed by atoms with Gasteiger partial charge in [0.1, 0.15) is 5.69 Å². The Morgan fingerprint density at radius 1 is 1.26 bits per heavy atom. The number of urea groups is 1. The molecule has 0 unspecified atom stereocenters. The largest absolute Gasteiger partial charge is 0.337 e. The number of para-hydroxylation sites is 1. The van der Waals surface area contributed by atoms with Crippen LogP contribution in [-0.2, 0) is 0 Å². The summed E-state index contributed by atoms with van der Waals surface area (Å²) in [5, 5.41) is 4.88. The zero-order valence-corrected chi connectivity index (χ0v) is 15.2. The highest BCUT2D eigenvalue weighted by molar-refractivity contribution is 7.07. The Balaban J connectivity index is 1.58. The van der Waals surface area contributed by atoms with Crippen molar-refractivity contribution >= 4 is 39.8 Å². The third kappa shape index (κ3) is 3.58. The zero-order chi connectivity index (χ0) is 18.6. The second-order valence-electron chi connectivity index (χ2n) is 5.86. The quantitative estimate of drug-likeness (QED) is 0.487. The van der Waals surface area contributed by atoms with Gasteiger partial charge < -0.3 is 10.3 Å². The number of anilines is 2. The van der Waals surface area contributed by atoms with Crippen molar-refractivity contribution in [1.82, 2.24) is 15.0 Å². The predicted molar refractivity (Wildman–Crippen MR) is 110 cm³/mol. The number of aromatic nitrogens is 3. The number of amides is 2. The molecule has 0 aliphatic rings. The molecule has 134 valence electrons. The summed E-state index contributed by atoms with van der Waals surface area (Å²) in [6, 6.07) is 14.8. The van der Waals surface area contributed by atoms with Crippen LogP contribution in [0.2, 0.25) is 0 Å². The van der Waals surface area contributed by atoms with E-state index in [0.717, 1.165) is 22.4 Å². The van der Waals surface area contributed by atoms with E-state index in [2.05, 4.69) is 26.8 Å². The number of nitrogens with one attached hydrogen (secondary N) is 2. The second-order valence-corrected chi connectivity index (χ2v) is 6.57. The molecule has 0 aliphatic heterocycles. The van der Waals surface area contributed by atoms with E-state index in [9.17, 15) is 4.79 Å². The van der Waals surface area contributed by atoms with Crippen LogP contribution >= 0.6 is 11.3 Å². The van der Waals surface area contributed by atoms with Crippen molar-refractivity contribution in [3.63, 3.8) is 0 Å². The highest BCUT2D eigenvalue weighted by atomic mass is 32.1. The summed E-state index contributed by atoms with van der Waals surface area (Å²) in [6.07, 6.45) is 1.70. The summed E-state index contributed by atoms with van der Waals surface area (Å²) in [5.74, 6) is 0.715. The Bertz CT molecular complexity index is 1070. The number of hydrogen-bond acceptors (Lipinski definition) is 4. The van der Waals surface area contributed by atoms with E-state index < -0.39 is 0 Å². The van der Waals surface area contributed by atoms with Gasteiger partial charge in [-0.15, -0.1) is 17.9 Å². The summed E-state index contributed by atoms with van der Waals surface area (Å²) < 4.78 is 0. The molecule has 0 saturated heterocycles. The van der Waals surface area contributed by atoms with E-state index in [1.165, 1.54) is 11.3 Å². The molecule has 2 aromatic heterocycles. The number of hydrogen-bond donors (Lipinski definition) is 2. The number of rotatable bonds is 5. The molecule has 4 aromatic rings. The van der Waals surface area contributed by atoms with Gasteiger partial charge in [0.25, 0.3) is 0 Å². The highest BCUT2D eigenvalue weighted by Gasteiger charge is 2.15. The van der Waals surface area contributed by atoms with E-state index in [0.29, 0.717) is 18.1 Å². The van der Waals surface area contributed by atoms with Gasteiger partial charge >= 0.3 is 6.03 Å². The molecule has 2 heterocycles. The molecule has 2 aromatic carbocycles. The Hall–Kier alpha value is -3.45. The molecule has 0 fully saturated rings. The molecular formula is C20H17N5OS. The van der Waals surface area contributed by atoms with Gasteiger partial charge in [-0.2, -0.15) is 0 Å². The van der Waals surface area contributed by atoms with E-state index >= 15 is 0 Å². The molecule has 0 atom stereocenters. The van der Waals surface area contributed by atoms with Crippen molar-refractivity contribution in [2.75, 3.05) is 16.8 Å². The average Bonchev–Trinajstić information content (AvgIpc) is 3.35. The first-order chi connectivity index (χ1) is 13.2. The lowest BCUT2D eigenvalue weighted by molar-refractivity contribution is 0.257. The molecule has 0 saturated carbocycles. The standard InChI is InChI=1S/C20H17N5OS/c1-2-10-25(15-6-4-3-5-7-15)20(26)22-14-8-9-16-17(11-14)24-19(23-16)18-12-27-13-21-18/h2-9,11-13H,1,10H2,(H,22,26)(H,23,24). The van der Waals surface area contributed by atoms with Gasteiger partial charge in [0.15, 0.2) is 5.82 Å². The van der Waals surface area contributed by atoms with Crippen molar-refractivity contribution in [2.24, 2.45) is 0 Å². The summed E-state index contributed by atoms with van der Waals surface area (Å²) in [5.41, 5.74) is 5.73. The Kier molecular flexibility index (Phi) is 4.67. The number of imidazole rings is 1. The van der Waals surface area contributed by atoms with Crippen LogP contribution in [0.25, 0.3) is 22.6 Å². The van der Waals surface area contributed by atoms with Crippen molar-refractivity contribution in [3.05, 3.63) is 72.1 Å². The third-order valence-corrected chi connectivity index (χ3v) is 4.62. The molecular weight excluding hydrogens is 358 g/mol. The van der Waals surface area contributed by atoms with Crippen molar-refractivity contribution in [1.29, 1.82) is 0 Å². The van der Waals surface area contributed by atoms with Crippen LogP contribution in [0.4, 0.5) is 16.2 Å². The van der Waals surface area contributed by atoms with Gasteiger partial charge in [0, 0.05) is 23.3 Å². The third-order valence-electron chi connectivity index (χ3n) is 4.03. The van der Waals surface area contributed by atoms with Gasteiger partial charge in [-0.3, -0.25) is 4.90 Å². The summed E-state index contributed by atoms with van der Waals surface area (Å²) in [4.78, 5) is 26.5. The van der Waals surface area contributed by atoms with Crippen LogP contribution in [0.3, 0.4) is 0 Å². The average molecular weight is 375 g/mol. The molecule has 2 N–H and O–H groups in total. The number of thiazole rings is 1. The Morgan fingerprint density at radius 3 is 2.85 bits per heavy atom. The Labute approximate surface area is 160 Å². The van der Waals surface area contributed by atoms with Gasteiger partial charge in [0.05, 0.1) is 16.5 Å². The minimum absolute atomic E-state index is 0.223. The van der Waals surface area contributed by atoms with Crippen LogP contribution in [0.1, 0.15) is 0 Å². The molecule has 0 spiro atoms. The number of carbonyl (C=O) groups excluding carboxylic acids is 1. The van der Waals surface area contributed by atoms with Gasteiger partial charge in [0.2, 0.25) is 0 Å². The molecule has 4 rings (SSSR count). The topological polar surface area (TPSA) is 73.9 Å². The highest BCUT2D eigenvalue weighted by Crippen LogP contribution is 2.23. The van der Waals surface area contributed by atoms with Crippen LogP contribution in [0.5, 0.6) is 0 Å². The second kappa shape index (κ2) is 7.43. The van der Waals surface area contributed by atoms with Gasteiger partial charge in [-0.1, -0.05) is 24.3 Å². The number of benzene rings is 2. The number of nitrogens with zero attached hydrogens (tertiary/aromatic N) is 3. The number of H-pyrrole nitrogens is 1. The molecule has 6 nitrogen and oxygen atoms in total. The van der Waals surface area contributed by atoms with Crippen molar-refractivity contribution in [2.45, 2.75) is 0 Å². The number of aromatic amines is 1. The first-order valence-corrected chi connectivity index (χ1v) is 9.31. The maximum Gasteiger partial charge on any atom is 0.326 e. The van der Waals surface area contributed by atoms with Crippen LogP contribution in [0, 0.1) is 0 Å². The van der Waals surface area contributed by atoms with Gasteiger partial charge in [-0.05, 0) is 30.3 Å². The zero-order valence-electron chi connectivity index (χ0n) is 14.4. The molecule has 0 aliphatic carbocycles. The fraction of sp³-hybridized carbons (Fsp3) is 0.0500. The molecule has 27 heavy (non-hydrogen) atoms. The number of fused-ring (bicyclic) bond motifs is 1. The van der Waals surface area contributed by atoms with E-state index in [1.807, 2.05) is 53.9 Å². The first-order valence-electron chi connectivity index (χ1n) is 8.37. The molecule has 0 bridgehead atoms. The lowest BCUT2D eigenvalue weighted by Gasteiger charge is -2.21. The fourth-order valence-electron chi connectivity index (χ4n) is 2.77. The normalized spacial score (nSPS) is 10.7. The number of carbonyl (C=O) groups is 1.